The zero-order chi connectivity index (χ0) is 11.6. The summed E-state index contributed by atoms with van der Waals surface area (Å²) in [7, 11) is 0. The Morgan fingerprint density at radius 2 is 2.27 bits per heavy atom. The predicted octanol–water partition coefficient (Wildman–Crippen LogP) is 3.27. The van der Waals surface area contributed by atoms with Crippen molar-refractivity contribution in [3.63, 3.8) is 0 Å². The summed E-state index contributed by atoms with van der Waals surface area (Å²) in [4.78, 5) is 13.4. The van der Waals surface area contributed by atoms with E-state index in [9.17, 15) is 18.9 Å². The van der Waals surface area contributed by atoms with Crippen LogP contribution in [0.2, 0.25) is 0 Å². The van der Waals surface area contributed by atoms with E-state index in [4.69, 9.17) is 11.6 Å². The first-order valence-electron chi connectivity index (χ1n) is 3.65. The number of nitrogens with zero attached hydrogens (tertiary/aromatic N) is 2. The number of halogens is 4. The van der Waals surface area contributed by atoms with Crippen molar-refractivity contribution >= 4 is 39.9 Å². The number of alkyl halides is 3. The molecule has 1 heterocycles. The summed E-state index contributed by atoms with van der Waals surface area (Å²) in [6.45, 7) is 0. The minimum atomic E-state index is -2.84. The number of aromatic nitrogens is 1. The van der Waals surface area contributed by atoms with E-state index in [1.54, 1.807) is 22.6 Å². The first-order valence-corrected chi connectivity index (χ1v) is 5.26. The quantitative estimate of drug-likeness (QED) is 0.365. The molecule has 15 heavy (non-hydrogen) atoms. The number of rotatable bonds is 3. The smallest absolute Gasteiger partial charge is 0.258 e. The van der Waals surface area contributed by atoms with Gasteiger partial charge < -0.3 is 0 Å². The fourth-order valence-corrected chi connectivity index (χ4v) is 2.00. The van der Waals surface area contributed by atoms with E-state index in [-0.39, 0.29) is 15.1 Å². The van der Waals surface area contributed by atoms with Gasteiger partial charge in [0.15, 0.2) is 0 Å². The molecule has 0 amide bonds. The van der Waals surface area contributed by atoms with Crippen LogP contribution in [0, 0.1) is 13.7 Å². The maximum Gasteiger partial charge on any atom is 0.286 e. The van der Waals surface area contributed by atoms with E-state index in [0.717, 1.165) is 6.07 Å². The van der Waals surface area contributed by atoms with Crippen LogP contribution in [-0.4, -0.2) is 9.91 Å². The minimum absolute atomic E-state index is 0.0989. The van der Waals surface area contributed by atoms with Crippen molar-refractivity contribution in [3.05, 3.63) is 31.1 Å². The van der Waals surface area contributed by atoms with Crippen molar-refractivity contribution in [1.29, 1.82) is 0 Å². The normalized spacial score (nSPS) is 10.7. The largest absolute Gasteiger partial charge is 0.286 e. The van der Waals surface area contributed by atoms with Crippen LogP contribution in [0.25, 0.3) is 0 Å². The zero-order valence-electron chi connectivity index (χ0n) is 7.08. The first-order chi connectivity index (χ1) is 6.97. The van der Waals surface area contributed by atoms with Crippen LogP contribution >= 0.6 is 34.2 Å². The van der Waals surface area contributed by atoms with Crippen LogP contribution in [-0.2, 0) is 5.88 Å². The van der Waals surface area contributed by atoms with Gasteiger partial charge in [-0.1, -0.05) is 0 Å². The van der Waals surface area contributed by atoms with Crippen LogP contribution < -0.4 is 0 Å². The summed E-state index contributed by atoms with van der Waals surface area (Å²) in [5, 5.41) is 10.5. The molecule has 0 unspecified atom stereocenters. The average molecular weight is 348 g/mol. The maximum atomic E-state index is 12.3. The van der Waals surface area contributed by atoms with Crippen molar-refractivity contribution in [2.45, 2.75) is 12.3 Å². The second-order valence-corrected chi connectivity index (χ2v) is 3.86. The maximum absolute atomic E-state index is 12.3. The standard InChI is InChI=1S/C7H4ClF2IN2O2/c8-2-4-6(11)5(13(14)15)1-3(12-4)7(9)10/h1,7H,2H2. The van der Waals surface area contributed by atoms with E-state index in [2.05, 4.69) is 4.98 Å². The molecular weight excluding hydrogens is 344 g/mol. The van der Waals surface area contributed by atoms with Crippen molar-refractivity contribution in [1.82, 2.24) is 4.98 Å². The minimum Gasteiger partial charge on any atom is -0.258 e. The van der Waals surface area contributed by atoms with Gasteiger partial charge in [-0.05, 0) is 22.6 Å². The van der Waals surface area contributed by atoms with Gasteiger partial charge >= 0.3 is 0 Å². The Balaban J connectivity index is 3.38. The van der Waals surface area contributed by atoms with Gasteiger partial charge in [0, 0.05) is 6.07 Å². The van der Waals surface area contributed by atoms with Gasteiger partial charge in [-0.3, -0.25) is 10.1 Å². The van der Waals surface area contributed by atoms with E-state index >= 15 is 0 Å². The summed E-state index contributed by atoms with van der Waals surface area (Å²) in [6.07, 6.45) is -2.84. The monoisotopic (exact) mass is 348 g/mol. The number of pyridine rings is 1. The molecule has 82 valence electrons. The second-order valence-electron chi connectivity index (χ2n) is 2.52. The second kappa shape index (κ2) is 4.97. The predicted molar refractivity (Wildman–Crippen MR) is 58.1 cm³/mol. The highest BCUT2D eigenvalue weighted by atomic mass is 127. The topological polar surface area (TPSA) is 56.0 Å². The number of hydrogen-bond donors (Lipinski definition) is 0. The molecule has 0 N–H and O–H groups in total. The molecule has 0 saturated carbocycles. The molecule has 0 aromatic carbocycles. The Labute approximate surface area is 102 Å². The van der Waals surface area contributed by atoms with Crippen molar-refractivity contribution in [3.8, 4) is 0 Å². The molecule has 0 aliphatic rings. The van der Waals surface area contributed by atoms with E-state index in [1.165, 1.54) is 0 Å². The molecule has 1 rings (SSSR count). The van der Waals surface area contributed by atoms with Gasteiger partial charge in [0.05, 0.1) is 16.5 Å². The zero-order valence-corrected chi connectivity index (χ0v) is 10.00. The van der Waals surface area contributed by atoms with Gasteiger partial charge in [-0.25, -0.2) is 13.8 Å². The lowest BCUT2D eigenvalue weighted by molar-refractivity contribution is -0.386. The van der Waals surface area contributed by atoms with E-state index in [1.807, 2.05) is 0 Å². The van der Waals surface area contributed by atoms with E-state index in [0.29, 0.717) is 0 Å². The van der Waals surface area contributed by atoms with Crippen LogP contribution in [0.4, 0.5) is 14.5 Å². The molecule has 1 aromatic heterocycles. The Kier molecular flexibility index (Phi) is 4.14. The summed E-state index contributed by atoms with van der Waals surface area (Å²) < 4.78 is 24.8. The molecule has 0 radical (unpaired) electrons. The van der Waals surface area contributed by atoms with Gasteiger partial charge in [-0.2, -0.15) is 0 Å². The van der Waals surface area contributed by atoms with Gasteiger partial charge in [0.25, 0.3) is 12.1 Å². The third kappa shape index (κ3) is 2.71. The summed E-state index contributed by atoms with van der Waals surface area (Å²) in [5.41, 5.74) is -0.920. The third-order valence-corrected chi connectivity index (χ3v) is 3.00. The van der Waals surface area contributed by atoms with Crippen LogP contribution in [0.5, 0.6) is 0 Å². The Bertz CT molecular complexity index is 403. The molecule has 0 bridgehead atoms. The van der Waals surface area contributed by atoms with Crippen LogP contribution in [0.3, 0.4) is 0 Å². The molecule has 0 saturated heterocycles. The van der Waals surface area contributed by atoms with Crippen LogP contribution in [0.1, 0.15) is 17.8 Å². The SMILES string of the molecule is O=[N+]([O-])c1cc(C(F)F)nc(CCl)c1I. The van der Waals surface area contributed by atoms with Crippen molar-refractivity contribution < 1.29 is 13.7 Å². The average Bonchev–Trinajstić information content (AvgIpc) is 2.17. The lowest BCUT2D eigenvalue weighted by Crippen LogP contribution is -2.02. The molecule has 1 aromatic rings. The third-order valence-electron chi connectivity index (χ3n) is 1.57. The number of hydrogen-bond acceptors (Lipinski definition) is 3. The molecule has 0 spiro atoms. The Morgan fingerprint density at radius 3 is 2.67 bits per heavy atom. The van der Waals surface area contributed by atoms with E-state index < -0.39 is 22.7 Å². The van der Waals surface area contributed by atoms with Gasteiger partial charge in [-0.15, -0.1) is 11.6 Å². The summed E-state index contributed by atoms with van der Waals surface area (Å²) in [5.74, 6) is -0.139. The lowest BCUT2D eigenvalue weighted by Gasteiger charge is -2.04. The van der Waals surface area contributed by atoms with Crippen molar-refractivity contribution in [2.24, 2.45) is 0 Å². The Hall–Kier alpha value is -0.570. The molecule has 4 nitrogen and oxygen atoms in total. The summed E-state index contributed by atoms with van der Waals surface area (Å²) >= 11 is 7.11. The lowest BCUT2D eigenvalue weighted by atomic mass is 10.3. The molecule has 0 aliphatic heterocycles. The first kappa shape index (κ1) is 12.5. The molecule has 0 fully saturated rings. The van der Waals surface area contributed by atoms with Gasteiger partial charge in [0.2, 0.25) is 0 Å². The fourth-order valence-electron chi connectivity index (χ4n) is 0.922. The van der Waals surface area contributed by atoms with Crippen LogP contribution in [0.15, 0.2) is 6.07 Å². The highest BCUT2D eigenvalue weighted by molar-refractivity contribution is 14.1. The molecule has 0 atom stereocenters. The fraction of sp³-hybridized carbons (Fsp3) is 0.286. The molecule has 0 aliphatic carbocycles. The van der Waals surface area contributed by atoms with Crippen molar-refractivity contribution in [2.75, 3.05) is 0 Å². The molecular formula is C7H4ClF2IN2O2. The molecule has 8 heteroatoms. The highest BCUT2D eigenvalue weighted by Crippen LogP contribution is 2.29. The highest BCUT2D eigenvalue weighted by Gasteiger charge is 2.22. The summed E-state index contributed by atoms with van der Waals surface area (Å²) in [6, 6.07) is 0.766. The number of nitro groups is 1. The Morgan fingerprint density at radius 1 is 1.67 bits per heavy atom. The van der Waals surface area contributed by atoms with Gasteiger partial charge in [0.1, 0.15) is 9.26 Å².